The second kappa shape index (κ2) is 9.43. The maximum Gasteiger partial charge on any atom is 0.244 e. The number of anilines is 1. The fourth-order valence-electron chi connectivity index (χ4n) is 3.66. The number of nitrogens with one attached hydrogen (secondary N) is 1. The first kappa shape index (κ1) is 24.9. The molecule has 0 aromatic heterocycles. The lowest BCUT2D eigenvalue weighted by Gasteiger charge is -2.32. The number of benzene rings is 2. The molecular weight excluding hydrogens is 408 g/mol. The smallest absolute Gasteiger partial charge is 0.244 e. The molecule has 0 bridgehead atoms. The topological polar surface area (TPSA) is 66.5 Å². The van der Waals surface area contributed by atoms with Gasteiger partial charge in [0.25, 0.3) is 0 Å². The average Bonchev–Trinajstić information content (AvgIpc) is 2.66. The van der Waals surface area contributed by atoms with Crippen LogP contribution < -0.4 is 9.62 Å². The Balaban J connectivity index is 2.32. The van der Waals surface area contributed by atoms with Crippen LogP contribution in [0.3, 0.4) is 0 Å². The average molecular weight is 445 g/mol. The summed E-state index contributed by atoms with van der Waals surface area (Å²) in [6, 6.07) is 12.8. The van der Waals surface area contributed by atoms with Gasteiger partial charge in [0.15, 0.2) is 0 Å². The van der Waals surface area contributed by atoms with E-state index in [1.807, 2.05) is 58.0 Å². The third-order valence-electron chi connectivity index (χ3n) is 5.57. The molecule has 0 aliphatic heterocycles. The number of aryl methyl sites for hydroxylation is 2. The van der Waals surface area contributed by atoms with Gasteiger partial charge in [-0.25, -0.2) is 8.42 Å². The predicted molar refractivity (Wildman–Crippen MR) is 129 cm³/mol. The van der Waals surface area contributed by atoms with Crippen LogP contribution in [0.1, 0.15) is 69.3 Å². The Kier molecular flexibility index (Phi) is 7.58. The van der Waals surface area contributed by atoms with E-state index in [1.165, 1.54) is 9.87 Å². The lowest BCUT2D eigenvalue weighted by atomic mass is 9.86. The lowest BCUT2D eigenvalue weighted by molar-refractivity contribution is -0.122. The molecule has 0 aliphatic carbocycles. The fraction of sp³-hybridized carbons (Fsp3) is 0.480. The number of amides is 1. The van der Waals surface area contributed by atoms with Crippen LogP contribution in [0, 0.1) is 13.8 Å². The zero-order valence-electron chi connectivity index (χ0n) is 20.0. The molecule has 0 radical (unpaired) electrons. The summed E-state index contributed by atoms with van der Waals surface area (Å²) in [4.78, 5) is 13.2. The van der Waals surface area contributed by atoms with Gasteiger partial charge in [0.2, 0.25) is 15.9 Å². The van der Waals surface area contributed by atoms with Crippen molar-refractivity contribution in [3.05, 3.63) is 64.7 Å². The lowest BCUT2D eigenvalue weighted by Crippen LogP contribution is -2.50. The fourth-order valence-corrected chi connectivity index (χ4v) is 4.92. The van der Waals surface area contributed by atoms with E-state index in [1.54, 1.807) is 0 Å². The highest BCUT2D eigenvalue weighted by atomic mass is 32.2. The Morgan fingerprint density at radius 1 is 1.06 bits per heavy atom. The van der Waals surface area contributed by atoms with Crippen molar-refractivity contribution in [1.82, 2.24) is 5.32 Å². The molecule has 2 rings (SSSR count). The number of hydrogen-bond donors (Lipinski definition) is 1. The molecule has 0 aliphatic rings. The first-order valence-corrected chi connectivity index (χ1v) is 12.6. The molecule has 1 amide bonds. The Morgan fingerprint density at radius 3 is 2.13 bits per heavy atom. The molecule has 0 fully saturated rings. The number of nitrogens with zero attached hydrogens (tertiary/aromatic N) is 1. The second-order valence-corrected chi connectivity index (χ2v) is 11.2. The van der Waals surface area contributed by atoms with Crippen molar-refractivity contribution < 1.29 is 13.2 Å². The summed E-state index contributed by atoms with van der Waals surface area (Å²) in [5.41, 5.74) is 4.56. The van der Waals surface area contributed by atoms with Crippen molar-refractivity contribution in [2.45, 2.75) is 72.4 Å². The summed E-state index contributed by atoms with van der Waals surface area (Å²) in [6.45, 7) is 14.0. The third kappa shape index (κ3) is 6.10. The minimum atomic E-state index is -3.66. The quantitative estimate of drug-likeness (QED) is 0.652. The molecule has 0 saturated heterocycles. The Bertz CT molecular complexity index is 1020. The number of hydrogen-bond acceptors (Lipinski definition) is 3. The van der Waals surface area contributed by atoms with Crippen LogP contribution in [0.5, 0.6) is 0 Å². The van der Waals surface area contributed by atoms with E-state index >= 15 is 0 Å². The van der Waals surface area contributed by atoms with Gasteiger partial charge in [-0.2, -0.15) is 0 Å². The van der Waals surface area contributed by atoms with Gasteiger partial charge in [0, 0.05) is 0 Å². The van der Waals surface area contributed by atoms with Crippen LogP contribution in [0.2, 0.25) is 0 Å². The highest BCUT2D eigenvalue weighted by Gasteiger charge is 2.33. The summed E-state index contributed by atoms with van der Waals surface area (Å²) in [5, 5.41) is 3.02. The maximum absolute atomic E-state index is 13.2. The molecule has 0 spiro atoms. The molecular formula is C25H36N2O3S. The van der Waals surface area contributed by atoms with Crippen LogP contribution in [0.4, 0.5) is 5.69 Å². The van der Waals surface area contributed by atoms with Gasteiger partial charge in [0.05, 0.1) is 18.0 Å². The number of carbonyl (C=O) groups excluding carboxylic acids is 1. The minimum Gasteiger partial charge on any atom is -0.348 e. The van der Waals surface area contributed by atoms with E-state index in [9.17, 15) is 13.2 Å². The molecule has 31 heavy (non-hydrogen) atoms. The predicted octanol–water partition coefficient (Wildman–Crippen LogP) is 5.02. The zero-order valence-corrected chi connectivity index (χ0v) is 20.8. The van der Waals surface area contributed by atoms with Gasteiger partial charge >= 0.3 is 0 Å². The molecule has 170 valence electrons. The maximum atomic E-state index is 13.2. The van der Waals surface area contributed by atoms with Gasteiger partial charge in [-0.3, -0.25) is 9.10 Å². The van der Waals surface area contributed by atoms with E-state index in [2.05, 4.69) is 38.2 Å². The van der Waals surface area contributed by atoms with Gasteiger partial charge in [-0.05, 0) is 60.9 Å². The molecule has 0 unspecified atom stereocenters. The van der Waals surface area contributed by atoms with E-state index < -0.39 is 16.1 Å². The van der Waals surface area contributed by atoms with Gasteiger partial charge in [0.1, 0.15) is 6.04 Å². The van der Waals surface area contributed by atoms with Crippen molar-refractivity contribution in [2.75, 3.05) is 10.6 Å². The molecule has 2 aromatic carbocycles. The van der Waals surface area contributed by atoms with E-state index in [0.29, 0.717) is 12.1 Å². The van der Waals surface area contributed by atoms with Crippen molar-refractivity contribution >= 4 is 21.6 Å². The largest absolute Gasteiger partial charge is 0.348 e. The van der Waals surface area contributed by atoms with Gasteiger partial charge < -0.3 is 5.32 Å². The van der Waals surface area contributed by atoms with Gasteiger partial charge in [-0.15, -0.1) is 0 Å². The highest BCUT2D eigenvalue weighted by Crippen LogP contribution is 2.28. The van der Waals surface area contributed by atoms with E-state index in [-0.39, 0.29) is 17.4 Å². The molecule has 0 saturated carbocycles. The van der Waals surface area contributed by atoms with Crippen LogP contribution in [-0.4, -0.2) is 26.6 Å². The standard InChI is InChI=1S/C25H36N2O3S/c1-9-22(27(31(8,29)30)23-16-17(2)10-11-18(23)3)24(28)26-19(4)20-12-14-21(15-13-20)25(5,6)7/h10-16,19,22H,9H2,1-8H3,(H,26,28)/t19-,22+/m0/s1. The van der Waals surface area contributed by atoms with Crippen molar-refractivity contribution in [3.63, 3.8) is 0 Å². The summed E-state index contributed by atoms with van der Waals surface area (Å²) in [5.74, 6) is -0.304. The monoisotopic (exact) mass is 444 g/mol. The van der Waals surface area contributed by atoms with E-state index in [0.717, 1.165) is 22.9 Å². The summed E-state index contributed by atoms with van der Waals surface area (Å²) >= 11 is 0. The Hall–Kier alpha value is -2.34. The third-order valence-corrected chi connectivity index (χ3v) is 6.73. The SMILES string of the molecule is CC[C@H](C(=O)N[C@@H](C)c1ccc(C(C)(C)C)cc1)N(c1cc(C)ccc1C)S(C)(=O)=O. The Morgan fingerprint density at radius 2 is 1.65 bits per heavy atom. The molecule has 6 heteroatoms. The number of carbonyl (C=O) groups is 1. The minimum absolute atomic E-state index is 0.0555. The van der Waals surface area contributed by atoms with Crippen LogP contribution in [0.25, 0.3) is 0 Å². The van der Waals surface area contributed by atoms with Crippen molar-refractivity contribution in [1.29, 1.82) is 0 Å². The van der Waals surface area contributed by atoms with E-state index in [4.69, 9.17) is 0 Å². The van der Waals surface area contributed by atoms with Crippen molar-refractivity contribution in [2.24, 2.45) is 0 Å². The number of rotatable bonds is 7. The van der Waals surface area contributed by atoms with Crippen LogP contribution in [0.15, 0.2) is 42.5 Å². The molecule has 2 atom stereocenters. The number of sulfonamides is 1. The van der Waals surface area contributed by atoms with Gasteiger partial charge in [-0.1, -0.05) is 64.1 Å². The molecule has 5 nitrogen and oxygen atoms in total. The zero-order chi connectivity index (χ0) is 23.6. The highest BCUT2D eigenvalue weighted by molar-refractivity contribution is 7.92. The summed E-state index contributed by atoms with van der Waals surface area (Å²) in [6.07, 6.45) is 1.52. The summed E-state index contributed by atoms with van der Waals surface area (Å²) in [7, 11) is -3.66. The first-order valence-electron chi connectivity index (χ1n) is 10.7. The Labute approximate surface area is 187 Å². The normalized spacial score (nSPS) is 14.1. The summed E-state index contributed by atoms with van der Waals surface area (Å²) < 4.78 is 26.7. The van der Waals surface area contributed by atoms with Crippen molar-refractivity contribution in [3.8, 4) is 0 Å². The van der Waals surface area contributed by atoms with Crippen LogP contribution in [-0.2, 0) is 20.2 Å². The van der Waals surface area contributed by atoms with Crippen LogP contribution >= 0.6 is 0 Å². The second-order valence-electron chi connectivity index (χ2n) is 9.38. The molecule has 0 heterocycles. The molecule has 2 aromatic rings. The first-order chi connectivity index (χ1) is 14.3. The molecule has 1 N–H and O–H groups in total.